The maximum absolute atomic E-state index is 12.5. The van der Waals surface area contributed by atoms with Gasteiger partial charge in [-0.2, -0.15) is 0 Å². The summed E-state index contributed by atoms with van der Waals surface area (Å²) in [6.45, 7) is 1.12. The van der Waals surface area contributed by atoms with Crippen LogP contribution in [-0.2, 0) is 6.54 Å². The first kappa shape index (κ1) is 15.6. The van der Waals surface area contributed by atoms with Gasteiger partial charge in [0.05, 0.1) is 5.21 Å². The fourth-order valence-corrected chi connectivity index (χ4v) is 2.44. The van der Waals surface area contributed by atoms with Crippen molar-refractivity contribution in [2.45, 2.75) is 13.5 Å². The van der Waals surface area contributed by atoms with Crippen LogP contribution in [0.1, 0.15) is 27.8 Å². The average Bonchev–Trinajstić information content (AvgIpc) is 2.92. The molecule has 0 unspecified atom stereocenters. The molecule has 0 bridgehead atoms. The molecule has 24 heavy (non-hydrogen) atoms. The van der Waals surface area contributed by atoms with Crippen LogP contribution in [0.25, 0.3) is 5.69 Å². The third kappa shape index (κ3) is 2.94. The number of benzene rings is 2. The van der Waals surface area contributed by atoms with Gasteiger partial charge in [-0.15, -0.1) is 9.36 Å². The summed E-state index contributed by atoms with van der Waals surface area (Å²) in [6, 6.07) is 17.5. The molecule has 6 nitrogen and oxygen atoms in total. The summed E-state index contributed by atoms with van der Waals surface area (Å²) in [7, 11) is 0. The number of rotatable bonds is 5. The van der Waals surface area contributed by atoms with Gasteiger partial charge < -0.3 is 5.11 Å². The van der Waals surface area contributed by atoms with E-state index >= 15 is 0 Å². The minimum atomic E-state index is -0.533. The molecular weight excluding hydrogens is 306 g/mol. The molecule has 0 spiro atoms. The number of aromatic nitrogens is 3. The summed E-state index contributed by atoms with van der Waals surface area (Å²) in [5.41, 5.74) is 0.931. The van der Waals surface area contributed by atoms with Crippen LogP contribution in [0.5, 0.6) is 5.88 Å². The molecular formula is C18H15N3O3. The van der Waals surface area contributed by atoms with E-state index in [0.29, 0.717) is 11.3 Å². The molecule has 0 aliphatic carbocycles. The number of nitrogens with zero attached hydrogens (tertiary/aromatic N) is 3. The number of Topliss-reactive ketones (excluding diaryl/α,β-unsaturated/α-hetero) is 2. The van der Waals surface area contributed by atoms with Crippen molar-refractivity contribution < 1.29 is 19.4 Å². The highest BCUT2D eigenvalue weighted by molar-refractivity contribution is 5.96. The molecule has 0 amide bonds. The number of hydrogen-bond acceptors (Lipinski definition) is 4. The molecule has 0 saturated heterocycles. The largest absolute Gasteiger partial charge is 0.837 e. The lowest BCUT2D eigenvalue weighted by molar-refractivity contribution is -0.744. The summed E-state index contributed by atoms with van der Waals surface area (Å²) < 4.78 is 2.31. The van der Waals surface area contributed by atoms with Gasteiger partial charge in [-0.3, -0.25) is 9.59 Å². The third-order valence-electron chi connectivity index (χ3n) is 3.57. The SMILES string of the molecule is CC(=O)c1c([O-])n(-c2ccccc2)n[n+]1CC(=O)c1ccccc1. The summed E-state index contributed by atoms with van der Waals surface area (Å²) in [6.07, 6.45) is 0. The van der Waals surface area contributed by atoms with E-state index in [1.54, 1.807) is 48.5 Å². The maximum Gasteiger partial charge on any atom is 0.227 e. The van der Waals surface area contributed by atoms with Gasteiger partial charge in [0.1, 0.15) is 5.88 Å². The Labute approximate surface area is 138 Å². The van der Waals surface area contributed by atoms with Gasteiger partial charge in [0.25, 0.3) is 0 Å². The predicted molar refractivity (Wildman–Crippen MR) is 84.0 cm³/mol. The Bertz CT molecular complexity index is 887. The molecule has 3 rings (SSSR count). The third-order valence-corrected chi connectivity index (χ3v) is 3.57. The van der Waals surface area contributed by atoms with E-state index in [2.05, 4.69) is 5.21 Å². The van der Waals surface area contributed by atoms with E-state index in [4.69, 9.17) is 0 Å². The van der Waals surface area contributed by atoms with Gasteiger partial charge in [0.15, 0.2) is 12.2 Å². The summed E-state index contributed by atoms with van der Waals surface area (Å²) in [5.74, 6) is -1.18. The van der Waals surface area contributed by atoms with Gasteiger partial charge >= 0.3 is 0 Å². The van der Waals surface area contributed by atoms with E-state index in [-0.39, 0.29) is 18.0 Å². The zero-order valence-electron chi connectivity index (χ0n) is 13.0. The second kappa shape index (κ2) is 6.45. The first-order valence-corrected chi connectivity index (χ1v) is 7.42. The van der Waals surface area contributed by atoms with Crippen molar-refractivity contribution in [1.82, 2.24) is 9.90 Å². The van der Waals surface area contributed by atoms with Crippen LogP contribution in [-0.4, -0.2) is 21.5 Å². The van der Waals surface area contributed by atoms with Crippen molar-refractivity contribution in [3.8, 4) is 11.6 Å². The van der Waals surface area contributed by atoms with Crippen molar-refractivity contribution in [3.05, 3.63) is 71.9 Å². The molecule has 2 aromatic carbocycles. The molecule has 120 valence electrons. The zero-order chi connectivity index (χ0) is 17.1. The van der Waals surface area contributed by atoms with Crippen LogP contribution >= 0.6 is 0 Å². The molecule has 0 saturated carbocycles. The summed E-state index contributed by atoms with van der Waals surface area (Å²) in [4.78, 5) is 24.2. The number of para-hydroxylation sites is 1. The fourth-order valence-electron chi connectivity index (χ4n) is 2.44. The van der Waals surface area contributed by atoms with Gasteiger partial charge in [0, 0.05) is 12.5 Å². The second-order valence-electron chi connectivity index (χ2n) is 5.29. The van der Waals surface area contributed by atoms with E-state index in [9.17, 15) is 14.7 Å². The molecule has 0 atom stereocenters. The predicted octanol–water partition coefficient (Wildman–Crippen LogP) is 1.32. The number of hydrogen-bond donors (Lipinski definition) is 0. The van der Waals surface area contributed by atoms with Crippen LogP contribution in [0.3, 0.4) is 0 Å². The Morgan fingerprint density at radius 1 is 1.04 bits per heavy atom. The van der Waals surface area contributed by atoms with Crippen molar-refractivity contribution in [1.29, 1.82) is 0 Å². The minimum Gasteiger partial charge on any atom is -0.837 e. The minimum absolute atomic E-state index is 0.108. The van der Waals surface area contributed by atoms with E-state index in [0.717, 1.165) is 4.68 Å². The van der Waals surface area contributed by atoms with E-state index in [1.165, 1.54) is 11.6 Å². The molecule has 1 heterocycles. The lowest BCUT2D eigenvalue weighted by Gasteiger charge is -2.02. The van der Waals surface area contributed by atoms with Crippen LogP contribution in [0.4, 0.5) is 0 Å². The highest BCUT2D eigenvalue weighted by Gasteiger charge is 2.26. The van der Waals surface area contributed by atoms with Crippen LogP contribution in [0.15, 0.2) is 60.7 Å². The number of ketones is 2. The molecule has 1 aromatic heterocycles. The van der Waals surface area contributed by atoms with Crippen LogP contribution < -0.4 is 9.79 Å². The zero-order valence-corrected chi connectivity index (χ0v) is 13.0. The maximum atomic E-state index is 12.5. The second-order valence-corrected chi connectivity index (χ2v) is 5.29. The smallest absolute Gasteiger partial charge is 0.227 e. The summed E-state index contributed by atoms with van der Waals surface area (Å²) >= 11 is 0. The van der Waals surface area contributed by atoms with Crippen LogP contribution in [0.2, 0.25) is 0 Å². The molecule has 0 radical (unpaired) electrons. The lowest BCUT2D eigenvalue weighted by Crippen LogP contribution is -2.45. The Balaban J connectivity index is 2.01. The fraction of sp³-hybridized carbons (Fsp3) is 0.111. The summed E-state index contributed by atoms with van der Waals surface area (Å²) in [5, 5.41) is 16.6. The van der Waals surface area contributed by atoms with E-state index in [1.807, 2.05) is 12.1 Å². The molecule has 0 fully saturated rings. The Morgan fingerprint density at radius 3 is 2.21 bits per heavy atom. The topological polar surface area (TPSA) is 78.9 Å². The van der Waals surface area contributed by atoms with Gasteiger partial charge in [-0.1, -0.05) is 48.5 Å². The average molecular weight is 321 g/mol. The molecule has 6 heteroatoms. The quantitative estimate of drug-likeness (QED) is 0.524. The monoisotopic (exact) mass is 321 g/mol. The van der Waals surface area contributed by atoms with Crippen molar-refractivity contribution in [2.75, 3.05) is 0 Å². The number of carbonyl (C=O) groups excluding carboxylic acids is 2. The first-order valence-electron chi connectivity index (χ1n) is 7.42. The highest BCUT2D eigenvalue weighted by Crippen LogP contribution is 2.15. The number of carbonyl (C=O) groups is 2. The van der Waals surface area contributed by atoms with Gasteiger partial charge in [-0.05, 0) is 12.1 Å². The Hall–Kier alpha value is -3.28. The van der Waals surface area contributed by atoms with Crippen molar-refractivity contribution in [3.63, 3.8) is 0 Å². The van der Waals surface area contributed by atoms with Crippen molar-refractivity contribution in [2.24, 2.45) is 0 Å². The van der Waals surface area contributed by atoms with Crippen molar-refractivity contribution >= 4 is 11.6 Å². The normalized spacial score (nSPS) is 10.5. The standard InChI is InChI=1S/C18H15N3O3/c1-13(22)17-18(24)21(15-10-6-3-7-11-15)19-20(17)12-16(23)14-8-4-2-5-9-14/h2-11H,12H2,1H3. The molecule has 3 aromatic rings. The molecule has 0 N–H and O–H groups in total. The Morgan fingerprint density at radius 2 is 1.62 bits per heavy atom. The van der Waals surface area contributed by atoms with Crippen LogP contribution in [0, 0.1) is 0 Å². The highest BCUT2D eigenvalue weighted by atomic mass is 16.3. The Kier molecular flexibility index (Phi) is 4.20. The van der Waals surface area contributed by atoms with Gasteiger partial charge in [0.2, 0.25) is 17.3 Å². The molecule has 0 aliphatic heterocycles. The van der Waals surface area contributed by atoms with E-state index < -0.39 is 11.7 Å². The van der Waals surface area contributed by atoms with Gasteiger partial charge in [-0.25, -0.2) is 0 Å². The first-order chi connectivity index (χ1) is 11.6. The molecule has 0 aliphatic rings. The lowest BCUT2D eigenvalue weighted by atomic mass is 10.1.